The highest BCUT2D eigenvalue weighted by molar-refractivity contribution is 5.96. The number of fused-ring (bicyclic) bond motifs is 2. The minimum Gasteiger partial charge on any atom is -0.379 e. The third-order valence-electron chi connectivity index (χ3n) is 7.11. The Labute approximate surface area is 221 Å². The third kappa shape index (κ3) is 5.54. The summed E-state index contributed by atoms with van der Waals surface area (Å²) in [6, 6.07) is 15.4. The van der Waals surface area contributed by atoms with Gasteiger partial charge < -0.3 is 14.6 Å². The number of carbonyl (C=O) groups excluding carboxylic acids is 1. The molecule has 0 aliphatic carbocycles. The summed E-state index contributed by atoms with van der Waals surface area (Å²) in [5.74, 6) is -0.343. The van der Waals surface area contributed by atoms with Crippen LogP contribution in [-0.2, 0) is 17.7 Å². The van der Waals surface area contributed by atoms with Crippen LogP contribution in [0.2, 0.25) is 0 Å². The quantitative estimate of drug-likeness (QED) is 0.264. The van der Waals surface area contributed by atoms with E-state index in [0.717, 1.165) is 57.7 Å². The number of ether oxygens (including phenoxy) is 1. The summed E-state index contributed by atoms with van der Waals surface area (Å²) >= 11 is 0. The van der Waals surface area contributed by atoms with Gasteiger partial charge in [-0.1, -0.05) is 36.4 Å². The molecular weight excluding hydrogens is 480 g/mol. The number of hydrogen-bond acceptors (Lipinski definition) is 6. The Balaban J connectivity index is 1.45. The molecule has 0 saturated carbocycles. The fourth-order valence-electron chi connectivity index (χ4n) is 5.00. The average Bonchev–Trinajstić information content (AvgIpc) is 2.94. The van der Waals surface area contributed by atoms with Gasteiger partial charge in [-0.2, -0.15) is 0 Å². The van der Waals surface area contributed by atoms with Crippen LogP contribution < -0.4 is 16.4 Å². The van der Waals surface area contributed by atoms with Crippen LogP contribution in [0.1, 0.15) is 34.3 Å². The first-order valence-electron chi connectivity index (χ1n) is 13.3. The lowest BCUT2D eigenvalue weighted by molar-refractivity contribution is 0.0374. The van der Waals surface area contributed by atoms with Gasteiger partial charge in [0.25, 0.3) is 11.5 Å². The smallest absolute Gasteiger partial charge is 0.267 e. The summed E-state index contributed by atoms with van der Waals surface area (Å²) in [4.78, 5) is 33.9. The van der Waals surface area contributed by atoms with Crippen molar-refractivity contribution in [1.82, 2.24) is 24.2 Å². The molecule has 4 heterocycles. The summed E-state index contributed by atoms with van der Waals surface area (Å²) in [7, 11) is 0. The zero-order valence-corrected chi connectivity index (χ0v) is 21.8. The van der Waals surface area contributed by atoms with Crippen LogP contribution in [0, 0.1) is 12.3 Å². The topological polar surface area (TPSA) is 105 Å². The molecule has 0 unspecified atom stereocenters. The highest BCUT2D eigenvalue weighted by atomic mass is 16.5. The van der Waals surface area contributed by atoms with E-state index in [0.29, 0.717) is 29.8 Å². The lowest BCUT2D eigenvalue weighted by Crippen LogP contribution is -2.39. The molecule has 1 aromatic carbocycles. The summed E-state index contributed by atoms with van der Waals surface area (Å²) in [5.41, 5.74) is 3.08. The molecular formula is C29H34N6O3. The van der Waals surface area contributed by atoms with Gasteiger partial charge in [0.1, 0.15) is 16.8 Å². The standard InChI is InChI=1S/C29H34N6O3/c1-21-8-5-15-35-26(21)32-27-24(29(35)37)20-23(28(36)31-12-7-13-33-16-18-38-19-17-33)25(30)34(27)14-6-11-22-9-3-2-4-10-22/h2-5,8-10,15,20,30H,6-7,11-14,16-19H2,1H3,(H,31,36). The monoisotopic (exact) mass is 514 g/mol. The van der Waals surface area contributed by atoms with E-state index in [-0.39, 0.29) is 22.5 Å². The number of nitrogens with one attached hydrogen (secondary N) is 2. The molecule has 9 nitrogen and oxygen atoms in total. The van der Waals surface area contributed by atoms with Gasteiger partial charge in [-0.15, -0.1) is 0 Å². The SMILES string of the molecule is Cc1cccn2c(=O)c3cc(C(=O)NCCCN4CCOCC4)c(=N)n(CCCc4ccccc4)c3nc12. The van der Waals surface area contributed by atoms with Crippen LogP contribution in [-0.4, -0.2) is 64.2 Å². The predicted molar refractivity (Wildman–Crippen MR) is 147 cm³/mol. The minimum atomic E-state index is -0.343. The van der Waals surface area contributed by atoms with Gasteiger partial charge in [-0.3, -0.25) is 24.3 Å². The Morgan fingerprint density at radius 3 is 2.63 bits per heavy atom. The van der Waals surface area contributed by atoms with E-state index in [1.165, 1.54) is 16.0 Å². The number of hydrogen-bond donors (Lipinski definition) is 2. The fourth-order valence-corrected chi connectivity index (χ4v) is 5.00. The van der Waals surface area contributed by atoms with Crippen molar-refractivity contribution < 1.29 is 9.53 Å². The number of nitrogens with zero attached hydrogens (tertiary/aromatic N) is 4. The van der Waals surface area contributed by atoms with Crippen LogP contribution in [0.25, 0.3) is 16.7 Å². The van der Waals surface area contributed by atoms with Crippen molar-refractivity contribution in [3.05, 3.63) is 87.3 Å². The molecule has 1 aliphatic heterocycles. The number of aryl methyl sites for hydroxylation is 3. The van der Waals surface area contributed by atoms with E-state index in [1.54, 1.807) is 10.8 Å². The van der Waals surface area contributed by atoms with Gasteiger partial charge >= 0.3 is 0 Å². The lowest BCUT2D eigenvalue weighted by Gasteiger charge is -2.26. The van der Waals surface area contributed by atoms with E-state index in [2.05, 4.69) is 22.3 Å². The van der Waals surface area contributed by atoms with E-state index in [9.17, 15) is 9.59 Å². The second-order valence-corrected chi connectivity index (χ2v) is 9.75. The summed E-state index contributed by atoms with van der Waals surface area (Å²) < 4.78 is 8.62. The normalized spacial score (nSPS) is 14.2. The first kappa shape index (κ1) is 25.8. The molecule has 198 valence electrons. The number of pyridine rings is 2. The van der Waals surface area contributed by atoms with Gasteiger partial charge in [0.05, 0.1) is 24.2 Å². The maximum absolute atomic E-state index is 13.5. The van der Waals surface area contributed by atoms with Gasteiger partial charge in [-0.25, -0.2) is 4.98 Å². The van der Waals surface area contributed by atoms with E-state index < -0.39 is 0 Å². The zero-order chi connectivity index (χ0) is 26.5. The fraction of sp³-hybridized carbons (Fsp3) is 0.379. The number of amides is 1. The zero-order valence-electron chi connectivity index (χ0n) is 21.8. The molecule has 1 fully saturated rings. The molecule has 1 aliphatic rings. The first-order valence-corrected chi connectivity index (χ1v) is 13.3. The maximum atomic E-state index is 13.5. The third-order valence-corrected chi connectivity index (χ3v) is 7.11. The predicted octanol–water partition coefficient (Wildman–Crippen LogP) is 2.52. The molecule has 0 radical (unpaired) electrons. The Hall–Kier alpha value is -3.82. The van der Waals surface area contributed by atoms with Crippen molar-refractivity contribution in [2.24, 2.45) is 0 Å². The molecule has 1 saturated heterocycles. The van der Waals surface area contributed by atoms with Crippen LogP contribution >= 0.6 is 0 Å². The van der Waals surface area contributed by atoms with Crippen molar-refractivity contribution >= 4 is 22.6 Å². The Morgan fingerprint density at radius 2 is 1.84 bits per heavy atom. The van der Waals surface area contributed by atoms with Crippen LogP contribution in [0.15, 0.2) is 59.5 Å². The molecule has 3 aromatic heterocycles. The highest BCUT2D eigenvalue weighted by Crippen LogP contribution is 2.14. The largest absolute Gasteiger partial charge is 0.379 e. The van der Waals surface area contributed by atoms with Gasteiger partial charge in [0, 0.05) is 32.4 Å². The molecule has 0 atom stereocenters. The van der Waals surface area contributed by atoms with E-state index in [1.807, 2.05) is 37.3 Å². The van der Waals surface area contributed by atoms with E-state index >= 15 is 0 Å². The van der Waals surface area contributed by atoms with Crippen molar-refractivity contribution in [2.75, 3.05) is 39.4 Å². The summed E-state index contributed by atoms with van der Waals surface area (Å²) in [6.45, 7) is 7.05. The summed E-state index contributed by atoms with van der Waals surface area (Å²) in [6.07, 6.45) is 4.06. The maximum Gasteiger partial charge on any atom is 0.267 e. The van der Waals surface area contributed by atoms with Crippen LogP contribution in [0.4, 0.5) is 0 Å². The molecule has 5 rings (SSSR count). The second kappa shape index (κ2) is 11.7. The lowest BCUT2D eigenvalue weighted by atomic mass is 10.1. The molecule has 38 heavy (non-hydrogen) atoms. The second-order valence-electron chi connectivity index (χ2n) is 9.75. The van der Waals surface area contributed by atoms with Crippen LogP contribution in [0.5, 0.6) is 0 Å². The Morgan fingerprint density at radius 1 is 1.05 bits per heavy atom. The van der Waals surface area contributed by atoms with Gasteiger partial charge in [0.15, 0.2) is 0 Å². The molecule has 9 heteroatoms. The molecule has 4 aromatic rings. The van der Waals surface area contributed by atoms with E-state index in [4.69, 9.17) is 15.1 Å². The average molecular weight is 515 g/mol. The number of benzene rings is 1. The number of aromatic nitrogens is 3. The molecule has 0 spiro atoms. The van der Waals surface area contributed by atoms with Crippen molar-refractivity contribution in [2.45, 2.75) is 32.7 Å². The van der Waals surface area contributed by atoms with Crippen LogP contribution in [0.3, 0.4) is 0 Å². The Bertz CT molecular complexity index is 1550. The number of morpholine rings is 1. The minimum absolute atomic E-state index is 0.0704. The number of rotatable bonds is 9. The Kier molecular flexibility index (Phi) is 7.95. The van der Waals surface area contributed by atoms with Crippen molar-refractivity contribution in [3.8, 4) is 0 Å². The van der Waals surface area contributed by atoms with Gasteiger partial charge in [0.2, 0.25) is 0 Å². The highest BCUT2D eigenvalue weighted by Gasteiger charge is 2.18. The molecule has 0 bridgehead atoms. The summed E-state index contributed by atoms with van der Waals surface area (Å²) in [5, 5.41) is 12.2. The number of carbonyl (C=O) groups is 1. The van der Waals surface area contributed by atoms with Gasteiger partial charge in [-0.05, 0) is 56.0 Å². The molecule has 1 amide bonds. The van der Waals surface area contributed by atoms with Crippen molar-refractivity contribution in [1.29, 1.82) is 5.41 Å². The molecule has 2 N–H and O–H groups in total. The first-order chi connectivity index (χ1) is 18.5. The van der Waals surface area contributed by atoms with Crippen molar-refractivity contribution in [3.63, 3.8) is 0 Å².